The van der Waals surface area contributed by atoms with E-state index in [0.717, 1.165) is 125 Å². The van der Waals surface area contributed by atoms with Crippen LogP contribution >= 0.6 is 0 Å². The third-order valence-electron chi connectivity index (χ3n) is 31.9. The number of ether oxygens (including phenoxy) is 2. The molecule has 14 atom stereocenters. The zero-order chi connectivity index (χ0) is 51.2. The van der Waals surface area contributed by atoms with Gasteiger partial charge in [-0.05, 0) is 375 Å². The Balaban J connectivity index is 0.801. The maximum Gasteiger partial charge on any atom is 0.260 e. The van der Waals surface area contributed by atoms with E-state index in [4.69, 9.17) is 20.9 Å². The summed E-state index contributed by atoms with van der Waals surface area (Å²) in [5, 5.41) is 22.9. The second-order valence-corrected chi connectivity index (χ2v) is 35.4. The highest BCUT2D eigenvalue weighted by Crippen LogP contribution is 2.89. The average Bonchev–Trinajstić information content (AvgIpc) is 0.967. The minimum atomic E-state index is -0.944. The van der Waals surface area contributed by atoms with E-state index in [1.54, 1.807) is 128 Å². The maximum absolute atomic E-state index is 11.4. The zero-order valence-electron chi connectivity index (χ0n) is 47.5. The molecule has 0 saturated heterocycles. The van der Waals surface area contributed by atoms with Crippen molar-refractivity contribution in [2.45, 2.75) is 205 Å². The Kier molecular flexibility index (Phi) is 9.06. The summed E-state index contributed by atoms with van der Waals surface area (Å²) in [4.78, 5) is 0. The fourth-order valence-electron chi connectivity index (χ4n) is 33.8. The van der Waals surface area contributed by atoms with Crippen molar-refractivity contribution in [2.24, 2.45) is 163 Å². The first-order valence-corrected chi connectivity index (χ1v) is 34.3. The smallest absolute Gasteiger partial charge is 0.260 e. The summed E-state index contributed by atoms with van der Waals surface area (Å²) in [6.45, 7) is 0. The maximum atomic E-state index is 11.4. The molecule has 6 N–H and O–H groups in total. The fourth-order valence-corrected chi connectivity index (χ4v) is 33.8. The van der Waals surface area contributed by atoms with Crippen LogP contribution in [0.15, 0.2) is 36.4 Å². The van der Waals surface area contributed by atoms with Gasteiger partial charge in [-0.15, -0.1) is 0 Å². The summed E-state index contributed by atoms with van der Waals surface area (Å²) >= 11 is 0. The van der Waals surface area contributed by atoms with Gasteiger partial charge in [-0.1, -0.05) is 0 Å². The fraction of sp³-hybridized carbons (Fsp3) is 0.833. The van der Waals surface area contributed by atoms with E-state index >= 15 is 0 Å². The lowest BCUT2D eigenvalue weighted by atomic mass is 9.22. The molecule has 24 saturated carbocycles. The monoisotopic (exact) mass is 1050 g/mol. The lowest BCUT2D eigenvalue weighted by Crippen LogP contribution is -2.80. The van der Waals surface area contributed by atoms with E-state index in [1.165, 1.54) is 57.8 Å². The molecule has 24 aliphatic rings. The van der Waals surface area contributed by atoms with Crippen LogP contribution in [0.3, 0.4) is 0 Å². The number of anilines is 2. The van der Waals surface area contributed by atoms with Crippen molar-refractivity contribution in [2.75, 3.05) is 11.5 Å². The minimum Gasteiger partial charge on any atom is -0.506 e. The Hall–Kier alpha value is -2.76. The normalized spacial score (nSPS) is 58.3. The van der Waals surface area contributed by atoms with Crippen LogP contribution in [0.5, 0.6) is 23.0 Å². The highest BCUT2D eigenvalue weighted by atomic mass is 16.7. The van der Waals surface area contributed by atoms with Gasteiger partial charge in [0.25, 0.3) is 5.79 Å². The van der Waals surface area contributed by atoms with Crippen LogP contribution in [0.4, 0.5) is 11.4 Å². The highest BCUT2D eigenvalue weighted by molar-refractivity contribution is 5.56. The predicted octanol–water partition coefficient (Wildman–Crippen LogP) is 16.2. The molecule has 0 radical (unpaired) electrons. The summed E-state index contributed by atoms with van der Waals surface area (Å²) in [6, 6.07) is 11.5. The highest BCUT2D eigenvalue weighted by Gasteiger charge is 2.84. The van der Waals surface area contributed by atoms with Crippen molar-refractivity contribution in [1.29, 1.82) is 0 Å². The van der Waals surface area contributed by atoms with E-state index < -0.39 is 5.79 Å². The van der Waals surface area contributed by atoms with Crippen LogP contribution in [-0.4, -0.2) is 16.0 Å². The predicted molar refractivity (Wildman–Crippen MR) is 304 cm³/mol. The molecular weight excluding hydrogens is 957 g/mol. The summed E-state index contributed by atoms with van der Waals surface area (Å²) in [6.07, 6.45) is 47.0. The molecule has 6 nitrogen and oxygen atoms in total. The largest absolute Gasteiger partial charge is 0.506 e. The van der Waals surface area contributed by atoms with Gasteiger partial charge in [0, 0.05) is 18.1 Å². The molecule has 0 spiro atoms. The van der Waals surface area contributed by atoms with Crippen molar-refractivity contribution < 1.29 is 19.7 Å². The van der Waals surface area contributed by atoms with Crippen LogP contribution in [0.2, 0.25) is 0 Å². The van der Waals surface area contributed by atoms with E-state index in [2.05, 4.69) is 0 Å². The van der Waals surface area contributed by atoms with Gasteiger partial charge in [-0.3, -0.25) is 0 Å². The standard InChI is InChI=1S/C72H96N2O4/c73-58-3-1-56(23-60(58)75)77-72(78-57-2-4-59(74)61(76)24-57)55-21-49-12-50(22-55)37-71(72,36-49)70-34-47-11-48(35-70)20-54(19-47)65(70)69-32-45-10-46(33-69)18-53(17-45)64(69)68-30-43-9-44(31-68)16-52(15-43)63(68)67-28-41-8-42(29-67)14-51(13-41)62(67)66-25-38-5-39(26-66)7-40(6-38)27-66/h1-4,23-24,38-55,62-65,75-76H,5-22,25-37,73-74H2. The molecule has 418 valence electrons. The van der Waals surface area contributed by atoms with Crippen LogP contribution < -0.4 is 20.9 Å². The SMILES string of the molecule is Nc1ccc(OC2(Oc3ccc(N)c(O)c3)C3CC4CC(C3)CC2(C23CC5CC(CC(C5)C2C25CC6CC(CC(C6)C2C26CC7CC(CC(C7)C2C27CC8CC(CC(C8)C2C28CC9CC(CC(C9)C2)C8)C7)C6)C5)C3)C4)cc1O. The lowest BCUT2D eigenvalue weighted by Gasteiger charge is -2.83. The summed E-state index contributed by atoms with van der Waals surface area (Å²) in [7, 11) is 0. The first-order valence-electron chi connectivity index (χ1n) is 34.3. The summed E-state index contributed by atoms with van der Waals surface area (Å²) < 4.78 is 16.2. The van der Waals surface area contributed by atoms with Crippen molar-refractivity contribution in [3.05, 3.63) is 36.4 Å². The average molecular weight is 1050 g/mol. The van der Waals surface area contributed by atoms with Gasteiger partial charge in [0.1, 0.15) is 23.0 Å². The molecule has 0 heterocycles. The van der Waals surface area contributed by atoms with E-state index in [9.17, 15) is 10.2 Å². The van der Waals surface area contributed by atoms with Crippen LogP contribution in [0.25, 0.3) is 0 Å². The van der Waals surface area contributed by atoms with Crippen molar-refractivity contribution in [1.82, 2.24) is 0 Å². The molecule has 2 aromatic carbocycles. The molecule has 26 rings (SSSR count). The number of phenolic OH excluding ortho intramolecular Hbond substituents is 2. The zero-order valence-corrected chi connectivity index (χ0v) is 47.5. The Morgan fingerprint density at radius 1 is 0.346 bits per heavy atom. The number of nitrogens with two attached hydrogens (primary N) is 2. The van der Waals surface area contributed by atoms with Crippen molar-refractivity contribution in [3.63, 3.8) is 0 Å². The van der Waals surface area contributed by atoms with Gasteiger partial charge in [-0.25, -0.2) is 0 Å². The number of rotatable bonds is 9. The number of hydrogen-bond acceptors (Lipinski definition) is 6. The van der Waals surface area contributed by atoms with E-state index in [-0.39, 0.29) is 28.2 Å². The van der Waals surface area contributed by atoms with Gasteiger partial charge < -0.3 is 31.2 Å². The molecule has 24 bridgehead atoms. The number of phenols is 2. The topological polar surface area (TPSA) is 111 Å². The summed E-state index contributed by atoms with van der Waals surface area (Å²) in [5.41, 5.74) is 15.8. The van der Waals surface area contributed by atoms with Gasteiger partial charge >= 0.3 is 0 Å². The molecule has 6 heteroatoms. The minimum absolute atomic E-state index is 0.101. The first kappa shape index (κ1) is 46.7. The van der Waals surface area contributed by atoms with Crippen molar-refractivity contribution >= 4 is 11.4 Å². The van der Waals surface area contributed by atoms with Crippen LogP contribution in [0.1, 0.15) is 199 Å². The number of aromatic hydroxyl groups is 2. The molecular formula is C72H96N2O4. The molecule has 2 aromatic rings. The van der Waals surface area contributed by atoms with Crippen LogP contribution in [-0.2, 0) is 0 Å². The number of hydrogen-bond donors (Lipinski definition) is 4. The molecule has 24 fully saturated rings. The molecule has 0 aromatic heterocycles. The Labute approximate surface area is 467 Å². The second-order valence-electron chi connectivity index (χ2n) is 35.4. The summed E-state index contributed by atoms with van der Waals surface area (Å²) in [5.74, 6) is 20.3. The molecule has 24 aliphatic carbocycles. The number of nitrogen functional groups attached to an aromatic ring is 2. The Morgan fingerprint density at radius 3 is 1.06 bits per heavy atom. The van der Waals surface area contributed by atoms with Gasteiger partial charge in [0.15, 0.2) is 0 Å². The molecule has 78 heavy (non-hydrogen) atoms. The van der Waals surface area contributed by atoms with Gasteiger partial charge in [0.2, 0.25) is 0 Å². The quantitative estimate of drug-likeness (QED) is 0.113. The van der Waals surface area contributed by atoms with E-state index in [1.807, 2.05) is 36.4 Å². The lowest BCUT2D eigenvalue weighted by molar-refractivity contribution is -0.389. The van der Waals surface area contributed by atoms with Gasteiger partial charge in [-0.2, -0.15) is 0 Å². The molecule has 0 aliphatic heterocycles. The van der Waals surface area contributed by atoms with Crippen molar-refractivity contribution in [3.8, 4) is 23.0 Å². The van der Waals surface area contributed by atoms with E-state index in [0.29, 0.717) is 56.4 Å². The third kappa shape index (κ3) is 5.73. The third-order valence-corrected chi connectivity index (χ3v) is 31.9. The van der Waals surface area contributed by atoms with Gasteiger partial charge in [0.05, 0.1) is 16.8 Å². The second kappa shape index (κ2) is 15.1. The Bertz CT molecular complexity index is 2710. The molecule has 14 unspecified atom stereocenters. The molecule has 0 amide bonds. The Morgan fingerprint density at radius 2 is 0.667 bits per heavy atom. The van der Waals surface area contributed by atoms with Crippen LogP contribution in [0, 0.1) is 163 Å². The number of benzene rings is 2. The first-order chi connectivity index (χ1) is 37.8.